The quantitative estimate of drug-likeness (QED) is 0.500. The van der Waals surface area contributed by atoms with Crippen molar-refractivity contribution in [2.45, 2.75) is 6.92 Å². The fourth-order valence-corrected chi connectivity index (χ4v) is 0. The molecule has 0 unspecified atom stereocenters. The Morgan fingerprint density at radius 3 is 2.00 bits per heavy atom. The molecule has 0 aliphatic rings. The second-order valence-corrected chi connectivity index (χ2v) is 0.860. The number of carbonyl (C=O) groups is 1. The van der Waals surface area contributed by atoms with Gasteiger partial charge in [0.2, 0.25) is 0 Å². The smallest absolute Gasteiger partial charge is 0.155 e. The largest absolute Gasteiger partial charge is 0.389 e. The van der Waals surface area contributed by atoms with E-state index in [0.717, 1.165) is 0 Å². The molecule has 0 spiro atoms. The van der Waals surface area contributed by atoms with Crippen LogP contribution in [0.25, 0.3) is 0 Å². The van der Waals surface area contributed by atoms with Gasteiger partial charge in [0.1, 0.15) is 6.61 Å². The van der Waals surface area contributed by atoms with Crippen LogP contribution in [0.2, 0.25) is 0 Å². The van der Waals surface area contributed by atoms with Crippen LogP contribution in [0.5, 0.6) is 0 Å². The van der Waals surface area contributed by atoms with Crippen LogP contribution in [0, 0.1) is 0 Å². The van der Waals surface area contributed by atoms with Crippen molar-refractivity contribution < 1.29 is 9.90 Å². The van der Waals surface area contributed by atoms with Crippen LogP contribution in [-0.4, -0.2) is 17.5 Å². The number of ketones is 1. The third-order valence-electron chi connectivity index (χ3n) is 0.223. The first-order chi connectivity index (χ1) is 2.27. The SMILES string of the molecule is CC(=O)CO.S. The molecule has 38 valence electrons. The van der Waals surface area contributed by atoms with E-state index in [1.54, 1.807) is 0 Å². The number of Topliss-reactive ketones (excluding diaryl/α,β-unsaturated/α-hetero) is 1. The number of rotatable bonds is 1. The van der Waals surface area contributed by atoms with E-state index in [9.17, 15) is 4.79 Å². The number of hydrogen-bond donors (Lipinski definition) is 1. The maximum Gasteiger partial charge on any atom is 0.155 e. The summed E-state index contributed by atoms with van der Waals surface area (Å²) >= 11 is 0. The van der Waals surface area contributed by atoms with Crippen LogP contribution >= 0.6 is 13.5 Å². The zero-order valence-electron chi connectivity index (χ0n) is 3.56. The molecule has 0 fully saturated rings. The highest BCUT2D eigenvalue weighted by Gasteiger charge is 1.78. The van der Waals surface area contributed by atoms with Gasteiger partial charge in [-0.1, -0.05) is 0 Å². The Hall–Kier alpha value is -0.0200. The number of aliphatic hydroxyl groups excluding tert-OH is 1. The number of hydrogen-bond acceptors (Lipinski definition) is 2. The van der Waals surface area contributed by atoms with Crippen LogP contribution < -0.4 is 0 Å². The predicted molar refractivity (Wildman–Crippen MR) is 28.1 cm³/mol. The molecule has 0 aromatic carbocycles. The van der Waals surface area contributed by atoms with E-state index in [-0.39, 0.29) is 25.9 Å². The maximum atomic E-state index is 9.56. The van der Waals surface area contributed by atoms with Gasteiger partial charge in [-0.2, -0.15) is 13.5 Å². The minimum Gasteiger partial charge on any atom is -0.389 e. The second kappa shape index (κ2) is 4.98. The van der Waals surface area contributed by atoms with Crippen molar-refractivity contribution in [2.75, 3.05) is 6.61 Å². The molecular weight excluding hydrogens is 100 g/mol. The molecule has 3 heteroatoms. The van der Waals surface area contributed by atoms with Crippen molar-refractivity contribution in [3.63, 3.8) is 0 Å². The van der Waals surface area contributed by atoms with E-state index in [1.807, 2.05) is 0 Å². The minimum absolute atomic E-state index is 0. The van der Waals surface area contributed by atoms with Crippen molar-refractivity contribution in [1.29, 1.82) is 0 Å². The van der Waals surface area contributed by atoms with Gasteiger partial charge in [-0.3, -0.25) is 4.79 Å². The predicted octanol–water partition coefficient (Wildman–Crippen LogP) is -0.319. The molecule has 6 heavy (non-hydrogen) atoms. The van der Waals surface area contributed by atoms with Crippen molar-refractivity contribution in [2.24, 2.45) is 0 Å². The number of carbonyl (C=O) groups excluding carboxylic acids is 1. The molecule has 2 nitrogen and oxygen atoms in total. The highest BCUT2D eigenvalue weighted by atomic mass is 32.1. The monoisotopic (exact) mass is 108 g/mol. The Morgan fingerprint density at radius 2 is 2.00 bits per heavy atom. The van der Waals surface area contributed by atoms with Gasteiger partial charge in [-0.25, -0.2) is 0 Å². The van der Waals surface area contributed by atoms with Crippen molar-refractivity contribution >= 4 is 19.3 Å². The minimum atomic E-state index is -0.333. The van der Waals surface area contributed by atoms with Crippen molar-refractivity contribution in [1.82, 2.24) is 0 Å². The highest BCUT2D eigenvalue weighted by molar-refractivity contribution is 7.59. The third-order valence-corrected chi connectivity index (χ3v) is 0.223. The lowest BCUT2D eigenvalue weighted by Crippen LogP contribution is -1.93. The summed E-state index contributed by atoms with van der Waals surface area (Å²) in [4.78, 5) is 9.56. The molecule has 0 radical (unpaired) electrons. The standard InChI is InChI=1S/C3H6O2.H2S/c1-3(5)2-4;/h4H,2H2,1H3;1H2. The molecule has 1 N–H and O–H groups in total. The lowest BCUT2D eigenvalue weighted by Gasteiger charge is -1.72. The molecular formula is C3H8O2S. The summed E-state index contributed by atoms with van der Waals surface area (Å²) in [7, 11) is 0. The molecule has 0 heterocycles. The Balaban J connectivity index is 0. The molecule has 0 aliphatic heterocycles. The summed E-state index contributed by atoms with van der Waals surface area (Å²) in [5.74, 6) is -0.190. The molecule has 0 saturated carbocycles. The van der Waals surface area contributed by atoms with E-state index in [0.29, 0.717) is 0 Å². The average Bonchev–Trinajstić information content (AvgIpc) is 1.38. The lowest BCUT2D eigenvalue weighted by atomic mass is 10.5. The molecule has 0 amide bonds. The molecule has 0 atom stereocenters. The summed E-state index contributed by atoms with van der Waals surface area (Å²) < 4.78 is 0. The average molecular weight is 108 g/mol. The van der Waals surface area contributed by atoms with Gasteiger partial charge in [0.05, 0.1) is 0 Å². The molecule has 0 aliphatic carbocycles. The van der Waals surface area contributed by atoms with Gasteiger partial charge in [0, 0.05) is 0 Å². The normalized spacial score (nSPS) is 6.33. The van der Waals surface area contributed by atoms with Gasteiger partial charge in [-0.05, 0) is 6.92 Å². The van der Waals surface area contributed by atoms with Crippen LogP contribution in [0.15, 0.2) is 0 Å². The first-order valence-corrected chi connectivity index (χ1v) is 1.37. The van der Waals surface area contributed by atoms with Gasteiger partial charge < -0.3 is 5.11 Å². The summed E-state index contributed by atoms with van der Waals surface area (Å²) in [6, 6.07) is 0. The van der Waals surface area contributed by atoms with E-state index < -0.39 is 0 Å². The van der Waals surface area contributed by atoms with Crippen LogP contribution in [0.3, 0.4) is 0 Å². The van der Waals surface area contributed by atoms with Crippen LogP contribution in [-0.2, 0) is 4.79 Å². The van der Waals surface area contributed by atoms with Gasteiger partial charge >= 0.3 is 0 Å². The maximum absolute atomic E-state index is 9.56. The summed E-state index contributed by atoms with van der Waals surface area (Å²) in [5, 5.41) is 7.79. The van der Waals surface area contributed by atoms with Crippen molar-refractivity contribution in [3.05, 3.63) is 0 Å². The third kappa shape index (κ3) is 9.02. The fraction of sp³-hybridized carbons (Fsp3) is 0.667. The van der Waals surface area contributed by atoms with Gasteiger partial charge in [0.15, 0.2) is 5.78 Å². The second-order valence-electron chi connectivity index (χ2n) is 0.860. The zero-order valence-corrected chi connectivity index (χ0v) is 4.56. The van der Waals surface area contributed by atoms with E-state index in [1.165, 1.54) is 6.92 Å². The van der Waals surface area contributed by atoms with E-state index in [4.69, 9.17) is 5.11 Å². The summed E-state index contributed by atoms with van der Waals surface area (Å²) in [6.07, 6.45) is 0. The molecule has 0 rings (SSSR count). The first kappa shape index (κ1) is 9.36. The van der Waals surface area contributed by atoms with Crippen LogP contribution in [0.1, 0.15) is 6.92 Å². The molecule has 0 saturated heterocycles. The Kier molecular flexibility index (Phi) is 7.77. The Labute approximate surface area is 43.6 Å². The van der Waals surface area contributed by atoms with E-state index >= 15 is 0 Å². The first-order valence-electron chi connectivity index (χ1n) is 1.37. The van der Waals surface area contributed by atoms with Gasteiger partial charge in [0.25, 0.3) is 0 Å². The lowest BCUT2D eigenvalue weighted by molar-refractivity contribution is -0.119. The molecule has 0 bridgehead atoms. The van der Waals surface area contributed by atoms with Crippen molar-refractivity contribution in [3.8, 4) is 0 Å². The summed E-state index contributed by atoms with van der Waals surface area (Å²) in [5.41, 5.74) is 0. The fourth-order valence-electron chi connectivity index (χ4n) is 0. The van der Waals surface area contributed by atoms with Crippen LogP contribution in [0.4, 0.5) is 0 Å². The molecule has 0 aromatic rings. The zero-order chi connectivity index (χ0) is 4.28. The topological polar surface area (TPSA) is 37.3 Å². The van der Waals surface area contributed by atoms with Gasteiger partial charge in [-0.15, -0.1) is 0 Å². The molecule has 0 aromatic heterocycles. The Morgan fingerprint density at radius 1 is 1.83 bits per heavy atom. The van der Waals surface area contributed by atoms with E-state index in [2.05, 4.69) is 0 Å². The number of aliphatic hydroxyl groups is 1. The Bertz CT molecular complexity index is 44.1. The highest BCUT2D eigenvalue weighted by Crippen LogP contribution is 1.55. The summed E-state index contributed by atoms with van der Waals surface area (Å²) in [6.45, 7) is 1.000.